The molecule has 0 fully saturated rings. The van der Waals surface area contributed by atoms with Crippen LogP contribution in [0.2, 0.25) is 0 Å². The van der Waals surface area contributed by atoms with Gasteiger partial charge in [0.1, 0.15) is 10.8 Å². The summed E-state index contributed by atoms with van der Waals surface area (Å²) in [5, 5.41) is 2.68. The molecule has 1 aromatic carbocycles. The molecule has 0 bridgehead atoms. The lowest BCUT2D eigenvalue weighted by Gasteiger charge is -2.06. The summed E-state index contributed by atoms with van der Waals surface area (Å²) in [5.74, 6) is 0.129. The van der Waals surface area contributed by atoms with E-state index >= 15 is 0 Å². The van der Waals surface area contributed by atoms with Crippen molar-refractivity contribution >= 4 is 22.9 Å². The third-order valence-corrected chi connectivity index (χ3v) is 4.10. The topological polar surface area (TPSA) is 22.1 Å². The Bertz CT molecular complexity index is 559. The summed E-state index contributed by atoms with van der Waals surface area (Å²) in [6.07, 6.45) is 2.08. The summed E-state index contributed by atoms with van der Waals surface area (Å²) in [7, 11) is 0. The molecular formula is C15H17ClFNOS. The second kappa shape index (κ2) is 7.72. The van der Waals surface area contributed by atoms with E-state index in [1.807, 2.05) is 11.4 Å². The van der Waals surface area contributed by atoms with Gasteiger partial charge >= 0.3 is 0 Å². The summed E-state index contributed by atoms with van der Waals surface area (Å²) in [6, 6.07) is 5.15. The Balaban J connectivity index is 2.05. The van der Waals surface area contributed by atoms with E-state index in [0.29, 0.717) is 24.7 Å². The highest BCUT2D eigenvalue weighted by atomic mass is 35.5. The summed E-state index contributed by atoms with van der Waals surface area (Å²) in [6.45, 7) is 3.09. The second-order valence-corrected chi connectivity index (χ2v) is 5.62. The first-order valence-corrected chi connectivity index (χ1v) is 8.03. The number of thiazole rings is 1. The number of hydrogen-bond donors (Lipinski definition) is 0. The maximum absolute atomic E-state index is 14.0. The van der Waals surface area contributed by atoms with Gasteiger partial charge in [-0.15, -0.1) is 22.9 Å². The highest BCUT2D eigenvalue weighted by Crippen LogP contribution is 2.26. The van der Waals surface area contributed by atoms with E-state index in [2.05, 4.69) is 11.9 Å². The van der Waals surface area contributed by atoms with Gasteiger partial charge in [-0.25, -0.2) is 9.37 Å². The molecule has 0 aliphatic heterocycles. The van der Waals surface area contributed by atoms with Gasteiger partial charge in [-0.3, -0.25) is 0 Å². The number of aromatic nitrogens is 1. The Labute approximate surface area is 127 Å². The van der Waals surface area contributed by atoms with Gasteiger partial charge in [0.05, 0.1) is 18.2 Å². The molecule has 0 radical (unpaired) electrons. The summed E-state index contributed by atoms with van der Waals surface area (Å²) in [4.78, 5) is 4.34. The predicted octanol–water partition coefficient (Wildman–Crippen LogP) is 5.00. The Morgan fingerprint density at radius 1 is 1.40 bits per heavy atom. The number of unbranched alkanes of at least 4 members (excludes halogenated alkanes) is 1. The summed E-state index contributed by atoms with van der Waals surface area (Å²) in [5.41, 5.74) is 2.18. The minimum absolute atomic E-state index is 0.248. The SMILES string of the molecule is CCCCOCc1ccc(-c2nc(CCl)cs2)cc1F. The van der Waals surface area contributed by atoms with Crippen molar-refractivity contribution in [2.24, 2.45) is 0 Å². The van der Waals surface area contributed by atoms with E-state index in [4.69, 9.17) is 16.3 Å². The average molecular weight is 314 g/mol. The van der Waals surface area contributed by atoms with Gasteiger partial charge < -0.3 is 4.74 Å². The van der Waals surface area contributed by atoms with E-state index in [0.717, 1.165) is 29.1 Å². The number of halogens is 2. The molecule has 5 heteroatoms. The number of hydrogen-bond acceptors (Lipinski definition) is 3. The van der Waals surface area contributed by atoms with Crippen molar-refractivity contribution in [2.45, 2.75) is 32.3 Å². The fraction of sp³-hybridized carbons (Fsp3) is 0.400. The van der Waals surface area contributed by atoms with Crippen molar-refractivity contribution in [1.29, 1.82) is 0 Å². The van der Waals surface area contributed by atoms with E-state index in [9.17, 15) is 4.39 Å². The first kappa shape index (κ1) is 15.4. The van der Waals surface area contributed by atoms with Gasteiger partial charge in [-0.05, 0) is 12.5 Å². The molecule has 2 rings (SSSR count). The normalized spacial score (nSPS) is 10.9. The molecule has 0 aliphatic rings. The van der Waals surface area contributed by atoms with Crippen LogP contribution in [0.4, 0.5) is 4.39 Å². The molecular weight excluding hydrogens is 297 g/mol. The van der Waals surface area contributed by atoms with Crippen LogP contribution < -0.4 is 0 Å². The second-order valence-electron chi connectivity index (χ2n) is 4.49. The molecule has 0 spiro atoms. The van der Waals surface area contributed by atoms with Crippen LogP contribution in [0.15, 0.2) is 23.6 Å². The molecule has 20 heavy (non-hydrogen) atoms. The van der Waals surface area contributed by atoms with E-state index in [1.165, 1.54) is 17.4 Å². The Morgan fingerprint density at radius 2 is 2.25 bits per heavy atom. The average Bonchev–Trinajstić information content (AvgIpc) is 2.94. The fourth-order valence-corrected chi connectivity index (χ4v) is 2.77. The molecule has 0 amide bonds. The van der Waals surface area contributed by atoms with Gasteiger partial charge in [0, 0.05) is 23.1 Å². The predicted molar refractivity (Wildman–Crippen MR) is 81.6 cm³/mol. The minimum atomic E-state index is -0.248. The third-order valence-electron chi connectivity index (χ3n) is 2.89. The molecule has 0 aliphatic carbocycles. The van der Waals surface area contributed by atoms with Crippen molar-refractivity contribution in [3.63, 3.8) is 0 Å². The van der Waals surface area contributed by atoms with Crippen LogP contribution >= 0.6 is 22.9 Å². The van der Waals surface area contributed by atoms with E-state index in [1.54, 1.807) is 6.07 Å². The monoisotopic (exact) mass is 313 g/mol. The third kappa shape index (κ3) is 4.01. The molecule has 0 N–H and O–H groups in total. The zero-order chi connectivity index (χ0) is 14.4. The lowest BCUT2D eigenvalue weighted by Crippen LogP contribution is -1.98. The molecule has 0 saturated heterocycles. The van der Waals surface area contributed by atoms with Gasteiger partial charge in [0.15, 0.2) is 0 Å². The van der Waals surface area contributed by atoms with Crippen LogP contribution in [0.25, 0.3) is 10.6 Å². The number of nitrogens with zero attached hydrogens (tertiary/aromatic N) is 1. The number of ether oxygens (including phenoxy) is 1. The zero-order valence-electron chi connectivity index (χ0n) is 11.4. The number of rotatable bonds is 7. The van der Waals surface area contributed by atoms with E-state index in [-0.39, 0.29) is 5.82 Å². The largest absolute Gasteiger partial charge is 0.377 e. The van der Waals surface area contributed by atoms with Crippen molar-refractivity contribution in [2.75, 3.05) is 6.61 Å². The fourth-order valence-electron chi connectivity index (χ4n) is 1.73. The summed E-state index contributed by atoms with van der Waals surface area (Å²) < 4.78 is 19.4. The number of benzene rings is 1. The van der Waals surface area contributed by atoms with Crippen LogP contribution in [-0.2, 0) is 17.2 Å². The smallest absolute Gasteiger partial charge is 0.129 e. The van der Waals surface area contributed by atoms with Crippen LogP contribution in [-0.4, -0.2) is 11.6 Å². The van der Waals surface area contributed by atoms with Crippen LogP contribution in [0.3, 0.4) is 0 Å². The molecule has 2 aromatic rings. The minimum Gasteiger partial charge on any atom is -0.377 e. The van der Waals surface area contributed by atoms with Crippen molar-refractivity contribution < 1.29 is 9.13 Å². The zero-order valence-corrected chi connectivity index (χ0v) is 12.9. The first-order valence-electron chi connectivity index (χ1n) is 6.61. The van der Waals surface area contributed by atoms with Crippen molar-refractivity contribution in [3.8, 4) is 10.6 Å². The standard InChI is InChI=1S/C15H17ClFNOS/c1-2-3-6-19-9-12-5-4-11(7-14(12)17)15-18-13(8-16)10-20-15/h4-5,7,10H,2-3,6,8-9H2,1H3. The maximum Gasteiger partial charge on any atom is 0.129 e. The molecule has 1 aromatic heterocycles. The Morgan fingerprint density at radius 3 is 2.90 bits per heavy atom. The van der Waals surface area contributed by atoms with Gasteiger partial charge in [-0.1, -0.05) is 25.5 Å². The van der Waals surface area contributed by atoms with Gasteiger partial charge in [0.25, 0.3) is 0 Å². The van der Waals surface area contributed by atoms with Crippen LogP contribution in [0.1, 0.15) is 31.0 Å². The molecule has 0 saturated carbocycles. The van der Waals surface area contributed by atoms with Gasteiger partial charge in [-0.2, -0.15) is 0 Å². The lowest BCUT2D eigenvalue weighted by atomic mass is 10.1. The Kier molecular flexibility index (Phi) is 5.95. The number of alkyl halides is 1. The first-order chi connectivity index (χ1) is 9.74. The maximum atomic E-state index is 14.0. The van der Waals surface area contributed by atoms with E-state index < -0.39 is 0 Å². The highest BCUT2D eigenvalue weighted by molar-refractivity contribution is 7.13. The summed E-state index contributed by atoms with van der Waals surface area (Å²) >= 11 is 7.19. The molecule has 0 atom stereocenters. The van der Waals surface area contributed by atoms with Crippen molar-refractivity contribution in [1.82, 2.24) is 4.98 Å². The Hall–Kier alpha value is -0.970. The quantitative estimate of drug-likeness (QED) is 0.530. The van der Waals surface area contributed by atoms with Crippen LogP contribution in [0.5, 0.6) is 0 Å². The highest BCUT2D eigenvalue weighted by Gasteiger charge is 2.08. The van der Waals surface area contributed by atoms with Gasteiger partial charge in [0.2, 0.25) is 0 Å². The van der Waals surface area contributed by atoms with Crippen LogP contribution in [0, 0.1) is 5.82 Å². The van der Waals surface area contributed by atoms with Crippen molar-refractivity contribution in [3.05, 3.63) is 40.7 Å². The lowest BCUT2D eigenvalue weighted by molar-refractivity contribution is 0.116. The molecule has 1 heterocycles. The molecule has 0 unspecified atom stereocenters. The molecule has 2 nitrogen and oxygen atoms in total. The molecule has 108 valence electrons.